The van der Waals surface area contributed by atoms with E-state index in [1.165, 1.54) is 32.1 Å². The number of carboxylic acid groups (broad SMARTS) is 1. The van der Waals surface area contributed by atoms with E-state index in [-0.39, 0.29) is 5.56 Å². The molecule has 3 N–H and O–H groups in total. The predicted molar refractivity (Wildman–Crippen MR) is 93.9 cm³/mol. The summed E-state index contributed by atoms with van der Waals surface area (Å²) in [5, 5.41) is 15.7. The minimum atomic E-state index is -0.947. The maximum atomic E-state index is 11.1. The summed E-state index contributed by atoms with van der Waals surface area (Å²) in [5.74, 6) is 1.19. The van der Waals surface area contributed by atoms with Crippen LogP contribution in [0.2, 0.25) is 0 Å². The van der Waals surface area contributed by atoms with Crippen molar-refractivity contribution in [1.82, 2.24) is 9.97 Å². The average molecular weight is 326 g/mol. The van der Waals surface area contributed by atoms with Crippen molar-refractivity contribution in [2.75, 3.05) is 10.6 Å². The third kappa shape index (κ3) is 4.22. The van der Waals surface area contributed by atoms with E-state index in [9.17, 15) is 4.79 Å². The lowest BCUT2D eigenvalue weighted by molar-refractivity contribution is 0.0697. The molecule has 1 aromatic carbocycles. The Hall–Kier alpha value is -2.63. The van der Waals surface area contributed by atoms with Gasteiger partial charge in [0.1, 0.15) is 17.5 Å². The molecule has 6 nitrogen and oxygen atoms in total. The van der Waals surface area contributed by atoms with Gasteiger partial charge in [-0.2, -0.15) is 0 Å². The SMILES string of the molecule is Cc1nc(Nc2cccc(C(=O)O)c2)cc(NC2CCCCC2)n1. The molecule has 0 amide bonds. The number of carboxylic acids is 1. The van der Waals surface area contributed by atoms with E-state index >= 15 is 0 Å². The van der Waals surface area contributed by atoms with Gasteiger partial charge in [-0.05, 0) is 38.0 Å². The van der Waals surface area contributed by atoms with Crippen LogP contribution in [0, 0.1) is 6.92 Å². The first kappa shape index (κ1) is 16.2. The van der Waals surface area contributed by atoms with E-state index in [2.05, 4.69) is 20.6 Å². The van der Waals surface area contributed by atoms with Crippen LogP contribution in [0.4, 0.5) is 17.3 Å². The average Bonchev–Trinajstić information content (AvgIpc) is 2.55. The normalized spacial score (nSPS) is 15.0. The topological polar surface area (TPSA) is 87.1 Å². The molecule has 1 aromatic heterocycles. The minimum Gasteiger partial charge on any atom is -0.478 e. The quantitative estimate of drug-likeness (QED) is 0.770. The van der Waals surface area contributed by atoms with E-state index in [0.29, 0.717) is 23.4 Å². The molecule has 1 saturated carbocycles. The van der Waals surface area contributed by atoms with Gasteiger partial charge in [0.2, 0.25) is 0 Å². The first-order chi connectivity index (χ1) is 11.6. The number of anilines is 3. The summed E-state index contributed by atoms with van der Waals surface area (Å²) in [6, 6.07) is 9.02. The third-order valence-corrected chi connectivity index (χ3v) is 4.18. The summed E-state index contributed by atoms with van der Waals surface area (Å²) in [7, 11) is 0. The van der Waals surface area contributed by atoms with Crippen molar-refractivity contribution in [3.63, 3.8) is 0 Å². The second-order valence-corrected chi connectivity index (χ2v) is 6.18. The van der Waals surface area contributed by atoms with Crippen LogP contribution in [0.3, 0.4) is 0 Å². The van der Waals surface area contributed by atoms with Crippen LogP contribution in [0.1, 0.15) is 48.3 Å². The van der Waals surface area contributed by atoms with Crippen LogP contribution in [0.15, 0.2) is 30.3 Å². The van der Waals surface area contributed by atoms with Gasteiger partial charge in [0, 0.05) is 17.8 Å². The van der Waals surface area contributed by atoms with Crippen LogP contribution in [0.25, 0.3) is 0 Å². The van der Waals surface area contributed by atoms with Crippen molar-refractivity contribution in [3.05, 3.63) is 41.7 Å². The van der Waals surface area contributed by atoms with Crippen LogP contribution >= 0.6 is 0 Å². The van der Waals surface area contributed by atoms with Gasteiger partial charge < -0.3 is 15.7 Å². The highest BCUT2D eigenvalue weighted by Gasteiger charge is 2.14. The van der Waals surface area contributed by atoms with Crippen LogP contribution in [-0.2, 0) is 0 Å². The number of nitrogens with zero attached hydrogens (tertiary/aromatic N) is 2. The van der Waals surface area contributed by atoms with Crippen molar-refractivity contribution in [2.24, 2.45) is 0 Å². The van der Waals surface area contributed by atoms with E-state index in [4.69, 9.17) is 5.11 Å². The number of aromatic nitrogens is 2. The second kappa shape index (κ2) is 7.29. The first-order valence-electron chi connectivity index (χ1n) is 8.33. The highest BCUT2D eigenvalue weighted by molar-refractivity contribution is 5.89. The summed E-state index contributed by atoms with van der Waals surface area (Å²) >= 11 is 0. The molecule has 2 aromatic rings. The summed E-state index contributed by atoms with van der Waals surface area (Å²) in [5.41, 5.74) is 0.933. The monoisotopic (exact) mass is 326 g/mol. The molecule has 0 unspecified atom stereocenters. The van der Waals surface area contributed by atoms with Crippen LogP contribution in [-0.4, -0.2) is 27.1 Å². The van der Waals surface area contributed by atoms with Crippen LogP contribution in [0.5, 0.6) is 0 Å². The molecular weight excluding hydrogens is 304 g/mol. The molecule has 0 radical (unpaired) electrons. The largest absolute Gasteiger partial charge is 0.478 e. The number of rotatable bonds is 5. The maximum Gasteiger partial charge on any atom is 0.335 e. The van der Waals surface area contributed by atoms with Gasteiger partial charge in [-0.15, -0.1) is 0 Å². The number of hydrogen-bond acceptors (Lipinski definition) is 5. The number of nitrogens with one attached hydrogen (secondary N) is 2. The highest BCUT2D eigenvalue weighted by atomic mass is 16.4. The molecule has 0 saturated heterocycles. The fraction of sp³-hybridized carbons (Fsp3) is 0.389. The molecule has 0 atom stereocenters. The lowest BCUT2D eigenvalue weighted by Gasteiger charge is -2.23. The molecule has 6 heteroatoms. The predicted octanol–water partition coefficient (Wildman–Crippen LogP) is 3.97. The number of aromatic carboxylic acids is 1. The van der Waals surface area contributed by atoms with E-state index in [1.807, 2.05) is 19.1 Å². The van der Waals surface area contributed by atoms with E-state index < -0.39 is 5.97 Å². The zero-order chi connectivity index (χ0) is 16.9. The lowest BCUT2D eigenvalue weighted by Crippen LogP contribution is -2.23. The Morgan fingerprint density at radius 1 is 1.12 bits per heavy atom. The van der Waals surface area contributed by atoms with E-state index in [0.717, 1.165) is 5.82 Å². The third-order valence-electron chi connectivity index (χ3n) is 4.18. The maximum absolute atomic E-state index is 11.1. The summed E-state index contributed by atoms with van der Waals surface area (Å²) < 4.78 is 0. The van der Waals surface area contributed by atoms with Gasteiger partial charge in [0.25, 0.3) is 0 Å². The van der Waals surface area contributed by atoms with Gasteiger partial charge in [-0.3, -0.25) is 0 Å². The summed E-state index contributed by atoms with van der Waals surface area (Å²) in [6.07, 6.45) is 6.18. The lowest BCUT2D eigenvalue weighted by atomic mass is 9.95. The minimum absolute atomic E-state index is 0.242. The van der Waals surface area contributed by atoms with Crippen molar-refractivity contribution in [3.8, 4) is 0 Å². The molecule has 1 aliphatic carbocycles. The van der Waals surface area contributed by atoms with Gasteiger partial charge in [-0.25, -0.2) is 14.8 Å². The molecule has 0 spiro atoms. The second-order valence-electron chi connectivity index (χ2n) is 6.18. The molecule has 1 heterocycles. The standard InChI is InChI=1S/C18H22N4O2/c1-12-19-16(21-14-7-3-2-4-8-14)11-17(20-12)22-15-9-5-6-13(10-15)18(23)24/h5-6,9-11,14H,2-4,7-8H2,1H3,(H,23,24)(H2,19,20,21,22). The molecule has 1 fully saturated rings. The zero-order valence-electron chi connectivity index (χ0n) is 13.7. The van der Waals surface area contributed by atoms with Crippen LogP contribution < -0.4 is 10.6 Å². The van der Waals surface area contributed by atoms with Crippen molar-refractivity contribution < 1.29 is 9.90 Å². The van der Waals surface area contributed by atoms with E-state index in [1.54, 1.807) is 18.2 Å². The fourth-order valence-electron chi connectivity index (χ4n) is 3.04. The number of hydrogen-bond donors (Lipinski definition) is 3. The Kier molecular flexibility index (Phi) is 4.93. The van der Waals surface area contributed by atoms with Crippen molar-refractivity contribution >= 4 is 23.3 Å². The molecule has 3 rings (SSSR count). The Bertz CT molecular complexity index is 727. The van der Waals surface area contributed by atoms with Crippen molar-refractivity contribution in [1.29, 1.82) is 0 Å². The van der Waals surface area contributed by atoms with Gasteiger partial charge in [0.15, 0.2) is 0 Å². The summed E-state index contributed by atoms with van der Waals surface area (Å²) in [6.45, 7) is 1.85. The number of aryl methyl sites for hydroxylation is 1. The Morgan fingerprint density at radius 2 is 1.88 bits per heavy atom. The Morgan fingerprint density at radius 3 is 2.62 bits per heavy atom. The molecule has 1 aliphatic rings. The molecule has 0 bridgehead atoms. The molecular formula is C18H22N4O2. The van der Waals surface area contributed by atoms with Gasteiger partial charge in [-0.1, -0.05) is 25.3 Å². The Balaban J connectivity index is 1.75. The number of carbonyl (C=O) groups is 1. The fourth-order valence-corrected chi connectivity index (χ4v) is 3.04. The molecule has 126 valence electrons. The summed E-state index contributed by atoms with van der Waals surface area (Å²) in [4.78, 5) is 19.9. The van der Waals surface area contributed by atoms with Gasteiger partial charge >= 0.3 is 5.97 Å². The Labute approximate surface area is 141 Å². The number of benzene rings is 1. The molecule has 0 aliphatic heterocycles. The van der Waals surface area contributed by atoms with Gasteiger partial charge in [0.05, 0.1) is 5.56 Å². The molecule has 24 heavy (non-hydrogen) atoms. The zero-order valence-corrected chi connectivity index (χ0v) is 13.7. The smallest absolute Gasteiger partial charge is 0.335 e. The first-order valence-corrected chi connectivity index (χ1v) is 8.33. The highest BCUT2D eigenvalue weighted by Crippen LogP contribution is 2.23. The van der Waals surface area contributed by atoms with Crippen molar-refractivity contribution in [2.45, 2.75) is 45.1 Å².